The summed E-state index contributed by atoms with van der Waals surface area (Å²) in [4.78, 5) is 5.23. The molecule has 0 aliphatic heterocycles. The molecule has 0 saturated carbocycles. The smallest absolute Gasteiger partial charge is 0.0726 e. The van der Waals surface area contributed by atoms with E-state index in [1.807, 2.05) is 0 Å². The van der Waals surface area contributed by atoms with E-state index < -0.39 is 10.8 Å². The number of fused-ring (bicyclic) bond motifs is 28. The van der Waals surface area contributed by atoms with Crippen LogP contribution in [0.15, 0.2) is 376 Å². The standard InChI is InChI=1S/C100H62N4/c1-3-27-63(28-4-1)103-93-49-25-17-37-77(93)83-59-65(53-57-95(83)103)101(67-51-55-75-73-35-15-23-47-89(73)99(91(75)61-67)85-43-19-11-31-69(85)70-32-12-20-44-86(70)99)97-79-39-7-9-41-81(79)98(82-42-10-8-40-80(82)97)102(66-54-58-96-84(60-66)78-38-18-26-50-94(78)104(96)64-29-5-2-6-30-64)68-52-56-76-74-36-16-24-48-90(74)100(92(76)62-68)87-45-21-13-33-71(87)72-34-14-22-46-88(72)100/h1-62H. The molecule has 0 bridgehead atoms. The molecule has 4 aliphatic carbocycles. The van der Waals surface area contributed by atoms with Crippen LogP contribution < -0.4 is 9.80 Å². The highest BCUT2D eigenvalue weighted by atomic mass is 15.2. The van der Waals surface area contributed by atoms with E-state index in [1.165, 1.54) is 122 Å². The first-order valence-corrected chi connectivity index (χ1v) is 36.2. The van der Waals surface area contributed by atoms with E-state index in [2.05, 4.69) is 395 Å². The van der Waals surface area contributed by atoms with Crippen molar-refractivity contribution in [2.75, 3.05) is 9.80 Å². The molecule has 0 atom stereocenters. The molecule has 0 fully saturated rings. The average molecular weight is 1320 g/mol. The number of aromatic nitrogens is 2. The van der Waals surface area contributed by atoms with E-state index in [-0.39, 0.29) is 0 Å². The minimum absolute atomic E-state index is 0.574. The summed E-state index contributed by atoms with van der Waals surface area (Å²) in [6.45, 7) is 0. The molecule has 2 spiro atoms. The number of para-hydroxylation sites is 4. The minimum Gasteiger partial charge on any atom is -0.309 e. The van der Waals surface area contributed by atoms with Crippen molar-refractivity contribution < 1.29 is 0 Å². The van der Waals surface area contributed by atoms with Gasteiger partial charge in [-0.25, -0.2) is 0 Å². The van der Waals surface area contributed by atoms with Crippen LogP contribution in [0.5, 0.6) is 0 Å². The first-order valence-electron chi connectivity index (χ1n) is 36.2. The van der Waals surface area contributed by atoms with Crippen molar-refractivity contribution in [3.63, 3.8) is 0 Å². The van der Waals surface area contributed by atoms with Crippen molar-refractivity contribution in [2.45, 2.75) is 10.8 Å². The Morgan fingerprint density at radius 2 is 0.413 bits per heavy atom. The first-order chi connectivity index (χ1) is 51.6. The molecule has 0 unspecified atom stereocenters. The maximum absolute atomic E-state index is 2.62. The third kappa shape index (κ3) is 7.50. The Balaban J connectivity index is 0.826. The van der Waals surface area contributed by atoms with E-state index in [0.29, 0.717) is 0 Å². The molecule has 2 heterocycles. The molecular weight excluding hydrogens is 1260 g/mol. The summed E-state index contributed by atoms with van der Waals surface area (Å²) in [6.07, 6.45) is 0. The van der Waals surface area contributed by atoms with Crippen LogP contribution >= 0.6 is 0 Å². The van der Waals surface area contributed by atoms with Crippen LogP contribution in [0.2, 0.25) is 0 Å². The van der Waals surface area contributed by atoms with Crippen molar-refractivity contribution in [3.05, 3.63) is 421 Å². The number of nitrogens with zero attached hydrogens (tertiary/aromatic N) is 4. The van der Waals surface area contributed by atoms with Crippen molar-refractivity contribution in [2.24, 2.45) is 0 Å². The fourth-order valence-corrected chi connectivity index (χ4v) is 19.7. The second-order valence-corrected chi connectivity index (χ2v) is 28.5. The second kappa shape index (κ2) is 21.5. The van der Waals surface area contributed by atoms with Crippen LogP contribution in [-0.2, 0) is 10.8 Å². The van der Waals surface area contributed by atoms with Gasteiger partial charge in [-0.2, -0.15) is 0 Å². The zero-order valence-corrected chi connectivity index (χ0v) is 56.6. The third-order valence-corrected chi connectivity index (χ3v) is 23.7. The Morgan fingerprint density at radius 3 is 0.740 bits per heavy atom. The van der Waals surface area contributed by atoms with Crippen LogP contribution in [0.25, 0.3) is 121 Å². The predicted octanol–water partition coefficient (Wildman–Crippen LogP) is 25.8. The van der Waals surface area contributed by atoms with E-state index in [1.54, 1.807) is 0 Å². The summed E-state index contributed by atoms with van der Waals surface area (Å²) in [5, 5.41) is 9.25. The van der Waals surface area contributed by atoms with Gasteiger partial charge in [0.25, 0.3) is 0 Å². The van der Waals surface area contributed by atoms with Crippen LogP contribution in [0.4, 0.5) is 34.1 Å². The zero-order valence-electron chi connectivity index (χ0n) is 56.6. The lowest BCUT2D eigenvalue weighted by molar-refractivity contribution is 0.793. The fourth-order valence-electron chi connectivity index (χ4n) is 19.7. The molecule has 0 N–H and O–H groups in total. The number of rotatable bonds is 8. The summed E-state index contributed by atoms with van der Waals surface area (Å²) in [7, 11) is 0. The molecule has 4 nitrogen and oxygen atoms in total. The Morgan fingerprint density at radius 1 is 0.173 bits per heavy atom. The summed E-state index contributed by atoms with van der Waals surface area (Å²) in [5.41, 5.74) is 32.9. The number of hydrogen-bond acceptors (Lipinski definition) is 2. The van der Waals surface area contributed by atoms with Gasteiger partial charge in [0.05, 0.1) is 44.3 Å². The van der Waals surface area contributed by atoms with Gasteiger partial charge < -0.3 is 18.9 Å². The van der Waals surface area contributed by atoms with Gasteiger partial charge in [-0.1, -0.05) is 279 Å². The molecule has 23 rings (SSSR count). The third-order valence-electron chi connectivity index (χ3n) is 23.7. The molecule has 4 heteroatoms. The molecule has 4 aliphatic rings. The topological polar surface area (TPSA) is 16.3 Å². The van der Waals surface area contributed by atoms with E-state index >= 15 is 0 Å². The lowest BCUT2D eigenvalue weighted by Crippen LogP contribution is -2.26. The van der Waals surface area contributed by atoms with Gasteiger partial charge in [0.15, 0.2) is 0 Å². The first kappa shape index (κ1) is 57.2. The number of hydrogen-bond donors (Lipinski definition) is 0. The fraction of sp³-hybridized carbons (Fsp3) is 0.0200. The van der Waals surface area contributed by atoms with Crippen molar-refractivity contribution in [3.8, 4) is 55.9 Å². The molecule has 2 aromatic heterocycles. The highest BCUT2D eigenvalue weighted by Gasteiger charge is 2.53. The van der Waals surface area contributed by atoms with Crippen LogP contribution in [0, 0.1) is 0 Å². The molecule has 482 valence electrons. The van der Waals surface area contributed by atoms with Crippen LogP contribution in [0.3, 0.4) is 0 Å². The average Bonchev–Trinajstić information content (AvgIpc) is 1.52. The summed E-state index contributed by atoms with van der Waals surface area (Å²) in [5.74, 6) is 0. The van der Waals surface area contributed by atoms with Gasteiger partial charge in [0.2, 0.25) is 0 Å². The molecule has 19 aromatic rings. The van der Waals surface area contributed by atoms with E-state index in [9.17, 15) is 0 Å². The Bertz CT molecular complexity index is 6290. The van der Waals surface area contributed by atoms with Gasteiger partial charge in [-0.15, -0.1) is 0 Å². The Labute approximate surface area is 601 Å². The minimum atomic E-state index is -0.574. The molecule has 0 saturated heterocycles. The van der Waals surface area contributed by atoms with Gasteiger partial charge in [0.1, 0.15) is 0 Å². The predicted molar refractivity (Wildman–Crippen MR) is 432 cm³/mol. The maximum Gasteiger partial charge on any atom is 0.0726 e. The summed E-state index contributed by atoms with van der Waals surface area (Å²) >= 11 is 0. The van der Waals surface area contributed by atoms with Gasteiger partial charge >= 0.3 is 0 Å². The summed E-state index contributed by atoms with van der Waals surface area (Å²) < 4.78 is 4.86. The van der Waals surface area contributed by atoms with Gasteiger partial charge in [-0.05, 0) is 186 Å². The Hall–Kier alpha value is -13.5. The molecular formula is C100H62N4. The highest BCUT2D eigenvalue weighted by Crippen LogP contribution is 2.66. The van der Waals surface area contributed by atoms with E-state index in [4.69, 9.17) is 0 Å². The van der Waals surface area contributed by atoms with Crippen molar-refractivity contribution in [1.82, 2.24) is 9.13 Å². The van der Waals surface area contributed by atoms with E-state index in [0.717, 1.165) is 78.1 Å². The molecule has 104 heavy (non-hydrogen) atoms. The molecule has 0 amide bonds. The monoisotopic (exact) mass is 1320 g/mol. The van der Waals surface area contributed by atoms with Crippen molar-refractivity contribution >= 4 is 99.3 Å². The normalized spacial score (nSPS) is 13.5. The lowest BCUT2D eigenvalue weighted by Gasteiger charge is -2.35. The molecule has 17 aromatic carbocycles. The van der Waals surface area contributed by atoms with Gasteiger partial charge in [-0.3, -0.25) is 0 Å². The van der Waals surface area contributed by atoms with Gasteiger partial charge in [0, 0.05) is 77.2 Å². The lowest BCUT2D eigenvalue weighted by atomic mass is 9.70. The quantitative estimate of drug-likeness (QED) is 0.111. The molecule has 0 radical (unpaired) electrons. The maximum atomic E-state index is 2.62. The number of anilines is 6. The van der Waals surface area contributed by atoms with Crippen molar-refractivity contribution in [1.29, 1.82) is 0 Å². The largest absolute Gasteiger partial charge is 0.309 e. The SMILES string of the molecule is c1ccc(-n2c3ccccc3c3cc(N(c4ccc5c(c4)C4(c6ccccc6-c6ccccc64)c4ccccc4-5)c4c5ccccc5c(N(c5ccc6c(c5)C5(c7ccccc7-c7ccccc75)c5ccccc5-6)c5ccc6c(c5)c5ccccc5n6-c5ccccc5)c5ccccc45)ccc32)cc1. The zero-order chi connectivity index (χ0) is 67.9. The van der Waals surface area contributed by atoms with Crippen LogP contribution in [-0.4, -0.2) is 9.13 Å². The second-order valence-electron chi connectivity index (χ2n) is 28.5. The number of benzene rings is 17. The summed E-state index contributed by atoms with van der Waals surface area (Å²) in [6, 6.07) is 142. The van der Waals surface area contributed by atoms with Crippen LogP contribution in [0.1, 0.15) is 44.5 Å². The highest BCUT2D eigenvalue weighted by molar-refractivity contribution is 6.24. The Kier molecular flexibility index (Phi) is 11.8.